The van der Waals surface area contributed by atoms with E-state index < -0.39 is 0 Å². The molecular weight excluding hydrogens is 246 g/mol. The highest BCUT2D eigenvalue weighted by molar-refractivity contribution is 9.18. The van der Waals surface area contributed by atoms with Crippen LogP contribution in [0.1, 0.15) is 18.1 Å². The predicted octanol–water partition coefficient (Wildman–Crippen LogP) is 2.87. The van der Waals surface area contributed by atoms with Crippen molar-refractivity contribution in [1.82, 2.24) is 0 Å². The van der Waals surface area contributed by atoms with E-state index in [1.54, 1.807) is 7.11 Å². The van der Waals surface area contributed by atoms with E-state index in [9.17, 15) is 0 Å². The van der Waals surface area contributed by atoms with E-state index >= 15 is 0 Å². The van der Waals surface area contributed by atoms with Gasteiger partial charge in [-0.15, -0.1) is 0 Å². The summed E-state index contributed by atoms with van der Waals surface area (Å²) in [6.07, 6.45) is 0.798. The van der Waals surface area contributed by atoms with E-state index in [4.69, 9.17) is 9.57 Å². The second-order valence-electron chi connectivity index (χ2n) is 3.04. The molecule has 2 rings (SSSR count). The molecular formula is C10H10BrNO2. The molecule has 0 saturated heterocycles. The van der Waals surface area contributed by atoms with E-state index in [2.05, 4.69) is 21.1 Å². The maximum absolute atomic E-state index is 5.24. The summed E-state index contributed by atoms with van der Waals surface area (Å²) in [5.41, 5.74) is 1.09. The summed E-state index contributed by atoms with van der Waals surface area (Å²) in [4.78, 5) is 5.24. The molecule has 1 aliphatic heterocycles. The lowest BCUT2D eigenvalue weighted by Gasteiger charge is -2.09. The minimum Gasteiger partial charge on any atom is -0.497 e. The third-order valence-electron chi connectivity index (χ3n) is 2.10. The predicted molar refractivity (Wildman–Crippen MR) is 57.8 cm³/mol. The van der Waals surface area contributed by atoms with Crippen LogP contribution in [0.25, 0.3) is 0 Å². The maximum atomic E-state index is 5.24. The fraction of sp³-hybridized carbons (Fsp3) is 0.300. The second kappa shape index (κ2) is 4.00. The van der Waals surface area contributed by atoms with Gasteiger partial charge in [0.15, 0.2) is 6.10 Å². The maximum Gasteiger partial charge on any atom is 0.158 e. The van der Waals surface area contributed by atoms with Gasteiger partial charge in [-0.2, -0.15) is 0 Å². The Labute approximate surface area is 90.8 Å². The monoisotopic (exact) mass is 255 g/mol. The quantitative estimate of drug-likeness (QED) is 0.814. The Balaban J connectivity index is 2.17. The van der Waals surface area contributed by atoms with Crippen LogP contribution in [-0.2, 0) is 4.84 Å². The van der Waals surface area contributed by atoms with Crippen LogP contribution in [0, 0.1) is 0 Å². The van der Waals surface area contributed by atoms with Gasteiger partial charge in [0.25, 0.3) is 0 Å². The Morgan fingerprint density at radius 1 is 1.57 bits per heavy atom. The molecule has 74 valence electrons. The van der Waals surface area contributed by atoms with Gasteiger partial charge in [0, 0.05) is 6.42 Å². The van der Waals surface area contributed by atoms with Gasteiger partial charge in [0.05, 0.1) is 7.11 Å². The fourth-order valence-corrected chi connectivity index (χ4v) is 1.75. The minimum absolute atomic E-state index is 0.0134. The third kappa shape index (κ3) is 1.90. The van der Waals surface area contributed by atoms with Gasteiger partial charge in [-0.05, 0) is 33.6 Å². The zero-order valence-electron chi connectivity index (χ0n) is 7.74. The Morgan fingerprint density at radius 2 is 2.43 bits per heavy atom. The Hall–Kier alpha value is -1.03. The third-order valence-corrected chi connectivity index (χ3v) is 2.57. The normalized spacial score (nSPS) is 20.1. The number of nitrogens with zero attached hydrogens (tertiary/aromatic N) is 1. The molecule has 0 amide bonds. The van der Waals surface area contributed by atoms with Crippen LogP contribution >= 0.6 is 15.9 Å². The highest BCUT2D eigenvalue weighted by atomic mass is 79.9. The van der Waals surface area contributed by atoms with E-state index in [0.717, 1.165) is 22.4 Å². The smallest absolute Gasteiger partial charge is 0.158 e. The lowest BCUT2D eigenvalue weighted by Crippen LogP contribution is -1.97. The SMILES string of the molecule is COc1cccc([C@@H]2CC(Br)=NO2)c1. The van der Waals surface area contributed by atoms with E-state index in [1.165, 1.54) is 0 Å². The molecule has 4 heteroatoms. The molecule has 14 heavy (non-hydrogen) atoms. The molecule has 0 radical (unpaired) electrons. The lowest BCUT2D eigenvalue weighted by molar-refractivity contribution is 0.0856. The Bertz CT molecular complexity index is 365. The van der Waals surface area contributed by atoms with Crippen LogP contribution in [0.3, 0.4) is 0 Å². The molecule has 3 nitrogen and oxygen atoms in total. The molecule has 1 aromatic rings. The van der Waals surface area contributed by atoms with Crippen LogP contribution in [0.15, 0.2) is 29.4 Å². The van der Waals surface area contributed by atoms with Gasteiger partial charge in [0.1, 0.15) is 10.4 Å². The molecule has 0 fully saturated rings. The number of benzene rings is 1. The number of methoxy groups -OCH3 is 1. The second-order valence-corrected chi connectivity index (χ2v) is 3.96. The van der Waals surface area contributed by atoms with Crippen molar-refractivity contribution in [2.24, 2.45) is 5.16 Å². The van der Waals surface area contributed by atoms with Crippen molar-refractivity contribution >= 4 is 20.6 Å². The standard InChI is InChI=1S/C10H10BrNO2/c1-13-8-4-2-3-7(5-8)9-6-10(11)12-14-9/h2-5,9H,6H2,1H3/t9-/m0/s1. The molecule has 0 unspecified atom stereocenters. The van der Waals surface area contributed by atoms with Crippen LogP contribution in [-0.4, -0.2) is 11.7 Å². The van der Waals surface area contributed by atoms with Crippen LogP contribution in [0.5, 0.6) is 5.75 Å². The zero-order valence-corrected chi connectivity index (χ0v) is 9.32. The van der Waals surface area contributed by atoms with E-state index in [1.807, 2.05) is 24.3 Å². The van der Waals surface area contributed by atoms with Crippen LogP contribution < -0.4 is 4.74 Å². The molecule has 0 aromatic heterocycles. The topological polar surface area (TPSA) is 30.8 Å². The molecule has 0 saturated carbocycles. The number of halogens is 1. The average Bonchev–Trinajstić information content (AvgIpc) is 2.65. The number of hydrogen-bond donors (Lipinski definition) is 0. The van der Waals surface area contributed by atoms with Crippen molar-refractivity contribution < 1.29 is 9.57 Å². The first kappa shape index (κ1) is 9.52. The minimum atomic E-state index is 0.0134. The van der Waals surface area contributed by atoms with Crippen molar-refractivity contribution in [2.75, 3.05) is 7.11 Å². The number of hydrogen-bond acceptors (Lipinski definition) is 3. The molecule has 1 heterocycles. The summed E-state index contributed by atoms with van der Waals surface area (Å²) < 4.78 is 5.99. The first-order valence-corrected chi connectivity index (χ1v) is 5.11. The van der Waals surface area contributed by atoms with Gasteiger partial charge in [-0.1, -0.05) is 17.3 Å². The van der Waals surface area contributed by atoms with Gasteiger partial charge in [0.2, 0.25) is 0 Å². The molecule has 0 aliphatic carbocycles. The summed E-state index contributed by atoms with van der Waals surface area (Å²) >= 11 is 3.31. The molecule has 0 spiro atoms. The Kier molecular flexibility index (Phi) is 2.72. The highest BCUT2D eigenvalue weighted by Gasteiger charge is 2.21. The molecule has 0 bridgehead atoms. The van der Waals surface area contributed by atoms with Crippen LogP contribution in [0.2, 0.25) is 0 Å². The number of oxime groups is 1. The summed E-state index contributed by atoms with van der Waals surface area (Å²) in [7, 11) is 1.65. The van der Waals surface area contributed by atoms with Crippen molar-refractivity contribution in [1.29, 1.82) is 0 Å². The van der Waals surface area contributed by atoms with E-state index in [-0.39, 0.29) is 6.10 Å². The van der Waals surface area contributed by atoms with Gasteiger partial charge < -0.3 is 9.57 Å². The first-order valence-electron chi connectivity index (χ1n) is 4.32. The molecule has 0 N–H and O–H groups in total. The fourth-order valence-electron chi connectivity index (χ4n) is 1.37. The summed E-state index contributed by atoms with van der Waals surface area (Å²) in [5.74, 6) is 0.842. The Morgan fingerprint density at radius 3 is 3.07 bits per heavy atom. The van der Waals surface area contributed by atoms with Crippen molar-refractivity contribution in [3.05, 3.63) is 29.8 Å². The summed E-state index contributed by atoms with van der Waals surface area (Å²) in [6, 6.07) is 7.83. The lowest BCUT2D eigenvalue weighted by atomic mass is 10.1. The highest BCUT2D eigenvalue weighted by Crippen LogP contribution is 2.30. The molecule has 1 aliphatic rings. The van der Waals surface area contributed by atoms with Crippen molar-refractivity contribution in [3.8, 4) is 5.75 Å². The summed E-state index contributed by atoms with van der Waals surface area (Å²) in [5, 5.41) is 3.84. The van der Waals surface area contributed by atoms with E-state index in [0.29, 0.717) is 0 Å². The first-order chi connectivity index (χ1) is 6.79. The summed E-state index contributed by atoms with van der Waals surface area (Å²) in [6.45, 7) is 0. The van der Waals surface area contributed by atoms with Crippen molar-refractivity contribution in [2.45, 2.75) is 12.5 Å². The molecule has 1 atom stereocenters. The average molecular weight is 256 g/mol. The number of rotatable bonds is 2. The van der Waals surface area contributed by atoms with Gasteiger partial charge in [-0.25, -0.2) is 0 Å². The van der Waals surface area contributed by atoms with Crippen LogP contribution in [0.4, 0.5) is 0 Å². The van der Waals surface area contributed by atoms with Crippen molar-refractivity contribution in [3.63, 3.8) is 0 Å². The largest absolute Gasteiger partial charge is 0.497 e. The van der Waals surface area contributed by atoms with Gasteiger partial charge >= 0.3 is 0 Å². The molecule has 1 aromatic carbocycles. The van der Waals surface area contributed by atoms with Gasteiger partial charge in [-0.3, -0.25) is 0 Å². The zero-order chi connectivity index (χ0) is 9.97. The number of ether oxygens (including phenoxy) is 1.